The van der Waals surface area contributed by atoms with Gasteiger partial charge in [0.2, 0.25) is 0 Å². The molecule has 2 aromatic rings. The largest absolute Gasteiger partial charge is 0.390 e. The standard InChI is InChI=1S/C15H19N5O2/c1-11-8-19(15(22)17-12-5-3-2-4-6-12)9-14(11)20-13(10-21)7-16-18-20/h2-7,11,14,21H,8-10H2,1H3,(H,17,22)/t11-,14-/m1/s1. The van der Waals surface area contributed by atoms with Gasteiger partial charge in [-0.1, -0.05) is 30.3 Å². The van der Waals surface area contributed by atoms with Crippen molar-refractivity contribution in [1.29, 1.82) is 0 Å². The van der Waals surface area contributed by atoms with Gasteiger partial charge in [0.15, 0.2) is 0 Å². The van der Waals surface area contributed by atoms with E-state index in [1.807, 2.05) is 30.3 Å². The Labute approximate surface area is 128 Å². The first-order valence-electron chi connectivity index (χ1n) is 7.30. The van der Waals surface area contributed by atoms with E-state index < -0.39 is 0 Å². The molecule has 0 bridgehead atoms. The molecular weight excluding hydrogens is 282 g/mol. The lowest BCUT2D eigenvalue weighted by atomic mass is 10.1. The third-order valence-corrected chi connectivity index (χ3v) is 4.01. The van der Waals surface area contributed by atoms with Crippen LogP contribution in [0.15, 0.2) is 36.5 Å². The van der Waals surface area contributed by atoms with Crippen LogP contribution < -0.4 is 5.32 Å². The summed E-state index contributed by atoms with van der Waals surface area (Å²) in [4.78, 5) is 14.1. The highest BCUT2D eigenvalue weighted by Gasteiger charge is 2.35. The normalized spacial score (nSPS) is 21.1. The van der Waals surface area contributed by atoms with Crippen LogP contribution in [0.3, 0.4) is 0 Å². The van der Waals surface area contributed by atoms with E-state index in [0.29, 0.717) is 18.8 Å². The number of nitrogens with one attached hydrogen (secondary N) is 1. The van der Waals surface area contributed by atoms with E-state index in [-0.39, 0.29) is 24.6 Å². The minimum Gasteiger partial charge on any atom is -0.390 e. The molecule has 0 aliphatic carbocycles. The van der Waals surface area contributed by atoms with Crippen molar-refractivity contribution in [1.82, 2.24) is 19.9 Å². The number of rotatable bonds is 3. The zero-order valence-corrected chi connectivity index (χ0v) is 12.4. The molecule has 7 nitrogen and oxygen atoms in total. The Morgan fingerprint density at radius 1 is 1.36 bits per heavy atom. The summed E-state index contributed by atoms with van der Waals surface area (Å²) in [6.45, 7) is 3.17. The molecule has 1 aliphatic heterocycles. The Bertz CT molecular complexity index is 642. The maximum Gasteiger partial charge on any atom is 0.321 e. The summed E-state index contributed by atoms with van der Waals surface area (Å²) >= 11 is 0. The quantitative estimate of drug-likeness (QED) is 0.900. The van der Waals surface area contributed by atoms with Crippen molar-refractivity contribution in [3.05, 3.63) is 42.2 Å². The van der Waals surface area contributed by atoms with Gasteiger partial charge in [0.25, 0.3) is 0 Å². The summed E-state index contributed by atoms with van der Waals surface area (Å²) in [5, 5.41) is 20.1. The molecule has 1 aromatic carbocycles. The smallest absolute Gasteiger partial charge is 0.321 e. The summed E-state index contributed by atoms with van der Waals surface area (Å²) in [6, 6.07) is 9.30. The zero-order valence-electron chi connectivity index (χ0n) is 12.4. The van der Waals surface area contributed by atoms with Gasteiger partial charge in [-0.2, -0.15) is 0 Å². The molecule has 116 valence electrons. The molecule has 1 fully saturated rings. The molecule has 2 amide bonds. The van der Waals surface area contributed by atoms with Gasteiger partial charge in [-0.15, -0.1) is 5.10 Å². The van der Waals surface area contributed by atoms with Gasteiger partial charge >= 0.3 is 6.03 Å². The maximum atomic E-state index is 12.4. The second-order valence-corrected chi connectivity index (χ2v) is 5.57. The van der Waals surface area contributed by atoms with Crippen molar-refractivity contribution in [2.75, 3.05) is 18.4 Å². The topological polar surface area (TPSA) is 83.3 Å². The average Bonchev–Trinajstić information content (AvgIpc) is 3.14. The number of para-hydroxylation sites is 1. The van der Waals surface area contributed by atoms with Crippen LogP contribution in [0, 0.1) is 5.92 Å². The number of urea groups is 1. The van der Waals surface area contributed by atoms with Crippen LogP contribution in [0.4, 0.5) is 10.5 Å². The van der Waals surface area contributed by atoms with Crippen molar-refractivity contribution in [2.24, 2.45) is 5.92 Å². The van der Waals surface area contributed by atoms with E-state index in [0.717, 1.165) is 5.69 Å². The number of benzene rings is 1. The van der Waals surface area contributed by atoms with Gasteiger partial charge in [0, 0.05) is 18.8 Å². The molecule has 2 atom stereocenters. The molecule has 7 heteroatoms. The number of carbonyl (C=O) groups is 1. The van der Waals surface area contributed by atoms with Crippen molar-refractivity contribution in [2.45, 2.75) is 19.6 Å². The molecule has 0 radical (unpaired) electrons. The van der Waals surface area contributed by atoms with Crippen LogP contribution in [0.5, 0.6) is 0 Å². The summed E-state index contributed by atoms with van der Waals surface area (Å²) in [5.74, 6) is 0.244. The predicted octanol–water partition coefficient (Wildman–Crippen LogP) is 1.50. The highest BCUT2D eigenvalue weighted by Crippen LogP contribution is 2.28. The Balaban J connectivity index is 1.69. The van der Waals surface area contributed by atoms with Gasteiger partial charge < -0.3 is 15.3 Å². The SMILES string of the molecule is C[C@@H]1CN(C(=O)Nc2ccccc2)C[C@H]1n1nncc1CO. The molecule has 2 heterocycles. The summed E-state index contributed by atoms with van der Waals surface area (Å²) < 4.78 is 1.72. The summed E-state index contributed by atoms with van der Waals surface area (Å²) in [6.07, 6.45) is 1.55. The van der Waals surface area contributed by atoms with E-state index in [4.69, 9.17) is 0 Å². The van der Waals surface area contributed by atoms with Gasteiger partial charge in [-0.3, -0.25) is 0 Å². The Morgan fingerprint density at radius 2 is 2.14 bits per heavy atom. The van der Waals surface area contributed by atoms with E-state index >= 15 is 0 Å². The second-order valence-electron chi connectivity index (χ2n) is 5.57. The van der Waals surface area contributed by atoms with Crippen LogP contribution >= 0.6 is 0 Å². The van der Waals surface area contributed by atoms with Crippen molar-refractivity contribution < 1.29 is 9.90 Å². The van der Waals surface area contributed by atoms with E-state index in [9.17, 15) is 9.90 Å². The highest BCUT2D eigenvalue weighted by molar-refractivity contribution is 5.89. The number of aliphatic hydroxyl groups is 1. The number of hydrogen-bond donors (Lipinski definition) is 2. The van der Waals surface area contributed by atoms with Crippen LogP contribution in [-0.4, -0.2) is 44.1 Å². The first kappa shape index (κ1) is 14.5. The van der Waals surface area contributed by atoms with Crippen molar-refractivity contribution >= 4 is 11.7 Å². The van der Waals surface area contributed by atoms with E-state index in [1.54, 1.807) is 15.8 Å². The van der Waals surface area contributed by atoms with Crippen LogP contribution in [0.25, 0.3) is 0 Å². The average molecular weight is 301 g/mol. The maximum absolute atomic E-state index is 12.4. The lowest BCUT2D eigenvalue weighted by Crippen LogP contribution is -2.33. The molecule has 0 saturated carbocycles. The summed E-state index contributed by atoms with van der Waals surface area (Å²) in [5.41, 5.74) is 1.45. The third-order valence-electron chi connectivity index (χ3n) is 4.01. The number of carbonyl (C=O) groups excluding carboxylic acids is 1. The zero-order chi connectivity index (χ0) is 15.5. The fourth-order valence-corrected chi connectivity index (χ4v) is 2.82. The van der Waals surface area contributed by atoms with Crippen molar-refractivity contribution in [3.8, 4) is 0 Å². The number of hydrogen-bond acceptors (Lipinski definition) is 4. The fourth-order valence-electron chi connectivity index (χ4n) is 2.82. The molecule has 2 N–H and O–H groups in total. The molecule has 3 rings (SSSR count). The lowest BCUT2D eigenvalue weighted by molar-refractivity contribution is 0.219. The predicted molar refractivity (Wildman–Crippen MR) is 81.2 cm³/mol. The van der Waals surface area contributed by atoms with Gasteiger partial charge in [-0.05, 0) is 18.1 Å². The number of likely N-dealkylation sites (tertiary alicyclic amines) is 1. The Morgan fingerprint density at radius 3 is 2.86 bits per heavy atom. The third kappa shape index (κ3) is 2.80. The molecular formula is C15H19N5O2. The molecule has 1 aromatic heterocycles. The minimum atomic E-state index is -0.119. The number of aromatic nitrogens is 3. The molecule has 22 heavy (non-hydrogen) atoms. The number of amides is 2. The number of aliphatic hydroxyl groups excluding tert-OH is 1. The van der Waals surface area contributed by atoms with Crippen LogP contribution in [-0.2, 0) is 6.61 Å². The first-order valence-corrected chi connectivity index (χ1v) is 7.30. The van der Waals surface area contributed by atoms with Crippen molar-refractivity contribution in [3.63, 3.8) is 0 Å². The highest BCUT2D eigenvalue weighted by atomic mass is 16.3. The molecule has 0 unspecified atom stereocenters. The summed E-state index contributed by atoms with van der Waals surface area (Å²) in [7, 11) is 0. The van der Waals surface area contributed by atoms with Gasteiger partial charge in [0.1, 0.15) is 0 Å². The monoisotopic (exact) mass is 301 g/mol. The van der Waals surface area contributed by atoms with Crippen LogP contribution in [0.1, 0.15) is 18.7 Å². The van der Waals surface area contributed by atoms with E-state index in [1.165, 1.54) is 0 Å². The fraction of sp³-hybridized carbons (Fsp3) is 0.400. The Hall–Kier alpha value is -2.41. The number of anilines is 1. The first-order chi connectivity index (χ1) is 10.7. The minimum absolute atomic E-state index is 0.0335. The Kier molecular flexibility index (Phi) is 4.06. The second kappa shape index (κ2) is 6.15. The van der Waals surface area contributed by atoms with Gasteiger partial charge in [0.05, 0.1) is 24.5 Å². The van der Waals surface area contributed by atoms with E-state index in [2.05, 4.69) is 22.6 Å². The molecule has 1 saturated heterocycles. The molecule has 1 aliphatic rings. The van der Waals surface area contributed by atoms with Gasteiger partial charge in [-0.25, -0.2) is 9.48 Å². The van der Waals surface area contributed by atoms with Crippen LogP contribution in [0.2, 0.25) is 0 Å². The molecule has 0 spiro atoms. The lowest BCUT2D eigenvalue weighted by Gasteiger charge is -2.18. The number of nitrogens with zero attached hydrogens (tertiary/aromatic N) is 4.